The van der Waals surface area contributed by atoms with Gasteiger partial charge in [0.05, 0.1) is 22.8 Å². The summed E-state index contributed by atoms with van der Waals surface area (Å²) in [7, 11) is 0. The highest BCUT2D eigenvalue weighted by atomic mass is 35.5. The third-order valence-electron chi connectivity index (χ3n) is 5.00. The van der Waals surface area contributed by atoms with Crippen molar-refractivity contribution in [1.29, 1.82) is 0 Å². The van der Waals surface area contributed by atoms with Gasteiger partial charge in [-0.3, -0.25) is 19.6 Å². The highest BCUT2D eigenvalue weighted by molar-refractivity contribution is 6.30. The van der Waals surface area contributed by atoms with Crippen molar-refractivity contribution in [3.8, 4) is 0 Å². The largest absolute Gasteiger partial charge is 0.481 e. The lowest BCUT2D eigenvalue weighted by Crippen LogP contribution is -2.27. The highest BCUT2D eigenvalue weighted by Crippen LogP contribution is 2.34. The molecule has 3 aromatic rings. The van der Waals surface area contributed by atoms with Crippen molar-refractivity contribution >= 4 is 40.2 Å². The SMILES string of the molecule is O=C(O)CCCC(=O)N1N=C(c2ccc(Cl)cc2)CC1c1ccc2nccnc2c1. The molecule has 1 unspecified atom stereocenters. The van der Waals surface area contributed by atoms with Crippen LogP contribution in [0.4, 0.5) is 0 Å². The first-order valence-electron chi connectivity index (χ1n) is 9.59. The monoisotopic (exact) mass is 422 g/mol. The highest BCUT2D eigenvalue weighted by Gasteiger charge is 2.33. The number of fused-ring (bicyclic) bond motifs is 1. The summed E-state index contributed by atoms with van der Waals surface area (Å²) in [5.74, 6) is -1.12. The average molecular weight is 423 g/mol. The van der Waals surface area contributed by atoms with E-state index >= 15 is 0 Å². The Morgan fingerprint density at radius 1 is 1.03 bits per heavy atom. The number of aliphatic carboxylic acids is 1. The molecule has 0 aliphatic carbocycles. The predicted octanol–water partition coefficient (Wildman–Crippen LogP) is 4.22. The number of hydrazone groups is 1. The van der Waals surface area contributed by atoms with Gasteiger partial charge in [-0.05, 0) is 41.8 Å². The van der Waals surface area contributed by atoms with Crippen molar-refractivity contribution in [3.63, 3.8) is 0 Å². The Hall–Kier alpha value is -3.32. The van der Waals surface area contributed by atoms with Crippen LogP contribution in [0.3, 0.4) is 0 Å². The lowest BCUT2D eigenvalue weighted by atomic mass is 9.97. The fourth-order valence-electron chi connectivity index (χ4n) is 3.51. The van der Waals surface area contributed by atoms with E-state index in [1.54, 1.807) is 24.5 Å². The Balaban J connectivity index is 1.64. The maximum atomic E-state index is 12.9. The molecule has 0 spiro atoms. The molecule has 0 bridgehead atoms. The van der Waals surface area contributed by atoms with Crippen molar-refractivity contribution in [2.45, 2.75) is 31.7 Å². The van der Waals surface area contributed by atoms with Crippen LogP contribution in [0.2, 0.25) is 5.02 Å². The number of amides is 1. The fourth-order valence-corrected chi connectivity index (χ4v) is 3.64. The lowest BCUT2D eigenvalue weighted by Gasteiger charge is -2.22. The van der Waals surface area contributed by atoms with E-state index in [-0.39, 0.29) is 31.2 Å². The van der Waals surface area contributed by atoms with Gasteiger partial charge in [-0.2, -0.15) is 5.10 Å². The molecule has 2 aromatic carbocycles. The van der Waals surface area contributed by atoms with Crippen molar-refractivity contribution in [3.05, 3.63) is 71.0 Å². The van der Waals surface area contributed by atoms with Gasteiger partial charge in [0.1, 0.15) is 0 Å². The molecule has 8 heteroatoms. The number of halogens is 1. The minimum absolute atomic E-state index is 0.0520. The summed E-state index contributed by atoms with van der Waals surface area (Å²) in [6, 6.07) is 12.8. The Kier molecular flexibility index (Phi) is 5.72. The average Bonchev–Trinajstić information content (AvgIpc) is 3.19. The molecule has 0 fully saturated rings. The van der Waals surface area contributed by atoms with E-state index in [1.807, 2.05) is 30.3 Å². The lowest BCUT2D eigenvalue weighted by molar-refractivity contribution is -0.137. The van der Waals surface area contributed by atoms with Gasteiger partial charge in [-0.15, -0.1) is 0 Å². The van der Waals surface area contributed by atoms with Crippen molar-refractivity contribution < 1.29 is 14.7 Å². The van der Waals surface area contributed by atoms with Crippen LogP contribution in [-0.2, 0) is 9.59 Å². The van der Waals surface area contributed by atoms with Crippen LogP contribution in [-0.4, -0.2) is 37.7 Å². The molecule has 2 heterocycles. The van der Waals surface area contributed by atoms with E-state index in [4.69, 9.17) is 16.7 Å². The van der Waals surface area contributed by atoms with E-state index in [2.05, 4.69) is 15.1 Å². The number of carbonyl (C=O) groups excluding carboxylic acids is 1. The molecule has 0 radical (unpaired) electrons. The van der Waals surface area contributed by atoms with E-state index in [9.17, 15) is 9.59 Å². The Bertz CT molecular complexity index is 1130. The molecular formula is C22H19ClN4O3. The smallest absolute Gasteiger partial charge is 0.303 e. The van der Waals surface area contributed by atoms with Crippen molar-refractivity contribution in [1.82, 2.24) is 15.0 Å². The minimum atomic E-state index is -0.917. The van der Waals surface area contributed by atoms with Crippen LogP contribution in [0, 0.1) is 0 Å². The summed E-state index contributed by atoms with van der Waals surface area (Å²) < 4.78 is 0. The van der Waals surface area contributed by atoms with Gasteiger partial charge in [-0.1, -0.05) is 29.8 Å². The number of rotatable bonds is 6. The maximum absolute atomic E-state index is 12.9. The number of carboxylic acids is 1. The molecule has 4 rings (SSSR count). The van der Waals surface area contributed by atoms with E-state index < -0.39 is 5.97 Å². The number of hydrogen-bond acceptors (Lipinski definition) is 5. The summed E-state index contributed by atoms with van der Waals surface area (Å²) in [5.41, 5.74) is 4.10. The van der Waals surface area contributed by atoms with Crippen molar-refractivity contribution in [2.75, 3.05) is 0 Å². The second kappa shape index (κ2) is 8.59. The molecule has 1 amide bonds. The quantitative estimate of drug-likeness (QED) is 0.641. The first-order chi connectivity index (χ1) is 14.5. The number of aromatic nitrogens is 2. The second-order valence-corrected chi connectivity index (χ2v) is 7.50. The van der Waals surface area contributed by atoms with Gasteiger partial charge in [0.25, 0.3) is 0 Å². The van der Waals surface area contributed by atoms with Gasteiger partial charge in [0, 0.05) is 36.7 Å². The van der Waals surface area contributed by atoms with Crippen LogP contribution < -0.4 is 0 Å². The third-order valence-corrected chi connectivity index (χ3v) is 5.25. The van der Waals surface area contributed by atoms with E-state index in [0.29, 0.717) is 11.4 Å². The van der Waals surface area contributed by atoms with Gasteiger partial charge >= 0.3 is 5.97 Å². The van der Waals surface area contributed by atoms with Gasteiger partial charge in [0.2, 0.25) is 5.91 Å². The molecule has 1 N–H and O–H groups in total. The number of benzene rings is 2. The first kappa shape index (κ1) is 20.0. The van der Waals surface area contributed by atoms with Crippen LogP contribution in [0.15, 0.2) is 60.0 Å². The van der Waals surface area contributed by atoms with Crippen molar-refractivity contribution in [2.24, 2.45) is 5.10 Å². The van der Waals surface area contributed by atoms with Crippen LogP contribution in [0.25, 0.3) is 11.0 Å². The van der Waals surface area contributed by atoms with Gasteiger partial charge in [-0.25, -0.2) is 5.01 Å². The summed E-state index contributed by atoms with van der Waals surface area (Å²) in [4.78, 5) is 32.3. The molecule has 0 saturated carbocycles. The molecule has 1 atom stereocenters. The predicted molar refractivity (Wildman–Crippen MR) is 113 cm³/mol. The van der Waals surface area contributed by atoms with Crippen LogP contribution >= 0.6 is 11.6 Å². The molecule has 30 heavy (non-hydrogen) atoms. The second-order valence-electron chi connectivity index (χ2n) is 7.06. The standard InChI is InChI=1S/C22H19ClN4O3/c23-16-7-4-14(5-8-16)18-13-20(27(26-18)21(28)2-1-3-22(29)30)15-6-9-17-19(12-15)25-11-10-24-17/h4-12,20H,1-3,13H2,(H,29,30). The maximum Gasteiger partial charge on any atom is 0.303 e. The van der Waals surface area contributed by atoms with Gasteiger partial charge in [0.15, 0.2) is 0 Å². The molecule has 152 valence electrons. The normalized spacial score (nSPS) is 16.0. The minimum Gasteiger partial charge on any atom is -0.481 e. The Labute approximate surface area is 178 Å². The zero-order valence-electron chi connectivity index (χ0n) is 16.0. The van der Waals surface area contributed by atoms with Crippen LogP contribution in [0.5, 0.6) is 0 Å². The Morgan fingerprint density at radius 2 is 1.77 bits per heavy atom. The molecule has 0 saturated heterocycles. The molecular weight excluding hydrogens is 404 g/mol. The number of carboxylic acid groups (broad SMARTS) is 1. The number of nitrogens with zero attached hydrogens (tertiary/aromatic N) is 4. The van der Waals surface area contributed by atoms with Gasteiger partial charge < -0.3 is 5.11 Å². The topological polar surface area (TPSA) is 95.8 Å². The van der Waals surface area contributed by atoms with Crippen LogP contribution in [0.1, 0.15) is 42.9 Å². The molecule has 1 aliphatic heterocycles. The molecule has 1 aromatic heterocycles. The Morgan fingerprint density at radius 3 is 2.50 bits per heavy atom. The van der Waals surface area contributed by atoms with E-state index in [0.717, 1.165) is 27.9 Å². The summed E-state index contributed by atoms with van der Waals surface area (Å²) in [6.45, 7) is 0. The molecule has 1 aliphatic rings. The first-order valence-corrected chi connectivity index (χ1v) is 9.97. The number of hydrogen-bond donors (Lipinski definition) is 1. The molecule has 7 nitrogen and oxygen atoms in total. The zero-order valence-corrected chi connectivity index (χ0v) is 16.8. The number of carbonyl (C=O) groups is 2. The zero-order chi connectivity index (χ0) is 21.1. The van der Waals surface area contributed by atoms with E-state index in [1.165, 1.54) is 5.01 Å². The third kappa shape index (κ3) is 4.31. The fraction of sp³-hybridized carbons (Fsp3) is 0.227. The summed E-state index contributed by atoms with van der Waals surface area (Å²) >= 11 is 6.00. The summed E-state index contributed by atoms with van der Waals surface area (Å²) in [6.07, 6.45) is 4.14. The summed E-state index contributed by atoms with van der Waals surface area (Å²) in [5, 5.41) is 15.6.